The Hall–Kier alpha value is -5.15. The van der Waals surface area contributed by atoms with E-state index >= 15 is 0 Å². The molecule has 10 rings (SSSR count). The molecular formula is C85H125F5O10S5. The fourth-order valence-corrected chi connectivity index (χ4v) is 15.2. The molecule has 5 aromatic rings. The van der Waals surface area contributed by atoms with Crippen LogP contribution in [0.3, 0.4) is 0 Å². The molecule has 0 aromatic heterocycles. The van der Waals surface area contributed by atoms with Crippen molar-refractivity contribution in [1.29, 1.82) is 0 Å². The van der Waals surface area contributed by atoms with E-state index in [1.165, 1.54) is 161 Å². The van der Waals surface area contributed by atoms with Gasteiger partial charge >= 0.3 is 29.8 Å². The first-order valence-electron chi connectivity index (χ1n) is 38.5. The normalized spacial score (nSPS) is 21.4. The molecule has 0 bridgehead atoms. The van der Waals surface area contributed by atoms with Crippen molar-refractivity contribution >= 4 is 93.0 Å². The number of hydrogen-bond acceptors (Lipinski definition) is 15. The number of esters is 5. The van der Waals surface area contributed by atoms with Gasteiger partial charge in [0.05, 0.1) is 29.6 Å². The lowest BCUT2D eigenvalue weighted by Gasteiger charge is -2.27. The van der Waals surface area contributed by atoms with Crippen LogP contribution in [0.5, 0.6) is 28.7 Å². The molecule has 5 aliphatic rings. The molecule has 0 radical (unpaired) electrons. The number of unbranched alkanes of at least 4 members (excludes halogenated alkanes) is 5. The average molecular weight is 1560 g/mol. The Bertz CT molecular complexity index is 2610. The number of thiol groups is 5. The Balaban J connectivity index is 0.000000649. The van der Waals surface area contributed by atoms with Crippen molar-refractivity contribution in [2.24, 2.45) is 59.2 Å². The Morgan fingerprint density at radius 3 is 0.476 bits per heavy atom. The van der Waals surface area contributed by atoms with Gasteiger partial charge in [-0.2, -0.15) is 0 Å². The number of benzene rings is 5. The summed E-state index contributed by atoms with van der Waals surface area (Å²) < 4.78 is 27.3. The second kappa shape index (κ2) is 56.1. The quantitative estimate of drug-likeness (QED) is 0.0167. The monoisotopic (exact) mass is 1560 g/mol. The van der Waals surface area contributed by atoms with E-state index in [0.29, 0.717) is 28.7 Å². The van der Waals surface area contributed by atoms with Crippen molar-refractivity contribution in [2.45, 2.75) is 284 Å². The second-order valence-corrected chi connectivity index (χ2v) is 31.5. The van der Waals surface area contributed by atoms with Crippen LogP contribution in [-0.4, -0.2) is 29.8 Å². The minimum atomic E-state index is -0.0640. The Labute approximate surface area is 653 Å². The fourth-order valence-electron chi connectivity index (χ4n) is 14.5. The summed E-state index contributed by atoms with van der Waals surface area (Å²) in [5, 5.41) is 0. The number of carbonyl (C=O) groups is 5. The van der Waals surface area contributed by atoms with E-state index in [1.54, 1.807) is 60.7 Å². The number of ether oxygens (including phenoxy) is 5. The maximum atomic E-state index is 12.1. The highest BCUT2D eigenvalue weighted by molar-refractivity contribution is 7.81. The molecule has 0 atom stereocenters. The Morgan fingerprint density at radius 1 is 0.238 bits per heavy atom. The number of carbonyl (C=O) groups excluding carboxylic acids is 5. The summed E-state index contributed by atoms with van der Waals surface area (Å²) in [5.41, 5.74) is 0. The Morgan fingerprint density at radius 2 is 0.362 bits per heavy atom. The SMILES string of the molecule is CCCCC1CCC(C(=O)Oc2ccc(S)cc2)CC1.CCCCC1CCC(C(=O)Oc2ccc(S)cc2)CC1.CCCCC1CCC(C(=O)Oc2ccc(S)cc2)CC1.CCCCC1CCC(C(=O)Oc2ccc(S)cc2)CC1.CCCCC1CCC(C(=O)Oc2ccc(S)cc2)CC1.F.F.F.F.F. The maximum absolute atomic E-state index is 12.1. The molecule has 590 valence electrons. The van der Waals surface area contributed by atoms with Crippen molar-refractivity contribution in [3.8, 4) is 28.7 Å². The predicted octanol–water partition coefficient (Wildman–Crippen LogP) is 25.1. The summed E-state index contributed by atoms with van der Waals surface area (Å²) >= 11 is 21.1. The van der Waals surface area contributed by atoms with Gasteiger partial charge in [-0.25, -0.2) is 0 Å². The van der Waals surface area contributed by atoms with Crippen molar-refractivity contribution in [3.63, 3.8) is 0 Å². The molecular weight excluding hydrogens is 1440 g/mol. The molecule has 0 N–H and O–H groups in total. The summed E-state index contributed by atoms with van der Waals surface area (Å²) in [5.74, 6) is 7.35. The van der Waals surface area contributed by atoms with E-state index in [-0.39, 0.29) is 83.0 Å². The van der Waals surface area contributed by atoms with Crippen LogP contribution in [-0.2, 0) is 24.0 Å². The molecule has 0 aliphatic heterocycles. The van der Waals surface area contributed by atoms with Crippen LogP contribution in [0.2, 0.25) is 0 Å². The number of halogens is 5. The lowest BCUT2D eigenvalue weighted by molar-refractivity contribution is -0.141. The zero-order valence-corrected chi connectivity index (χ0v) is 67.4. The Kier molecular flexibility index (Phi) is 52.3. The number of hydrogen-bond donors (Lipinski definition) is 5. The molecule has 5 aliphatic carbocycles. The maximum Gasteiger partial charge on any atom is 0.314 e. The van der Waals surface area contributed by atoms with Crippen LogP contribution in [0.25, 0.3) is 0 Å². The highest BCUT2D eigenvalue weighted by Crippen LogP contribution is 2.38. The van der Waals surface area contributed by atoms with Crippen LogP contribution in [0.15, 0.2) is 146 Å². The summed E-state index contributed by atoms with van der Waals surface area (Å²) in [6.07, 6.45) is 41.1. The standard InChI is InChI=1S/5C17H24O2S.5FH/c5*1-2-3-4-13-5-7-14(8-6-13)17(18)19-15-9-11-16(20)12-10-15;;;;;/h5*9-14,20H,2-8H2,1H3;5*1H. The van der Waals surface area contributed by atoms with Gasteiger partial charge in [0.2, 0.25) is 0 Å². The summed E-state index contributed by atoms with van der Waals surface area (Å²) in [7, 11) is 0. The minimum absolute atomic E-state index is 0. The lowest BCUT2D eigenvalue weighted by atomic mass is 9.80. The van der Waals surface area contributed by atoms with Crippen LogP contribution in [0, 0.1) is 59.2 Å². The average Bonchev–Trinajstić information content (AvgIpc) is 0.894. The van der Waals surface area contributed by atoms with E-state index in [1.807, 2.05) is 60.7 Å². The van der Waals surface area contributed by atoms with Gasteiger partial charge in [0, 0.05) is 24.5 Å². The molecule has 0 unspecified atom stereocenters. The molecule has 0 spiro atoms. The molecule has 0 saturated heterocycles. The van der Waals surface area contributed by atoms with Gasteiger partial charge in [-0.3, -0.25) is 47.5 Å². The lowest BCUT2D eigenvalue weighted by Crippen LogP contribution is -2.25. The first kappa shape index (κ1) is 97.9. The molecule has 0 heterocycles. The zero-order valence-electron chi connectivity index (χ0n) is 62.9. The molecule has 20 heteroatoms. The topological polar surface area (TPSA) is 132 Å². The van der Waals surface area contributed by atoms with Gasteiger partial charge in [-0.05, 0) is 279 Å². The van der Waals surface area contributed by atoms with Gasteiger partial charge in [-0.15, -0.1) is 63.1 Å². The predicted molar refractivity (Wildman–Crippen MR) is 434 cm³/mol. The zero-order chi connectivity index (χ0) is 71.9. The number of rotatable bonds is 25. The highest BCUT2D eigenvalue weighted by atomic mass is 32.1. The van der Waals surface area contributed by atoms with Crippen molar-refractivity contribution < 1.29 is 71.2 Å². The first-order chi connectivity index (χ1) is 48.4. The largest absolute Gasteiger partial charge is 0.426 e. The van der Waals surface area contributed by atoms with Crippen molar-refractivity contribution in [1.82, 2.24) is 0 Å². The van der Waals surface area contributed by atoms with Crippen LogP contribution < -0.4 is 23.7 Å². The van der Waals surface area contributed by atoms with Crippen molar-refractivity contribution in [3.05, 3.63) is 121 Å². The first-order valence-corrected chi connectivity index (χ1v) is 40.7. The van der Waals surface area contributed by atoms with Gasteiger partial charge in [-0.1, -0.05) is 131 Å². The van der Waals surface area contributed by atoms with Crippen LogP contribution in [0.4, 0.5) is 23.5 Å². The third-order valence-corrected chi connectivity index (χ3v) is 22.5. The fraction of sp³-hybridized carbons (Fsp3) is 0.588. The van der Waals surface area contributed by atoms with Crippen LogP contribution in [0.1, 0.15) is 259 Å². The van der Waals surface area contributed by atoms with Gasteiger partial charge in [0.15, 0.2) is 0 Å². The van der Waals surface area contributed by atoms with E-state index in [4.69, 9.17) is 23.7 Å². The van der Waals surface area contributed by atoms with E-state index in [0.717, 1.165) is 118 Å². The molecule has 105 heavy (non-hydrogen) atoms. The van der Waals surface area contributed by atoms with E-state index in [9.17, 15) is 24.0 Å². The highest BCUT2D eigenvalue weighted by Gasteiger charge is 2.32. The summed E-state index contributed by atoms with van der Waals surface area (Å²) in [4.78, 5) is 65.0. The third-order valence-electron chi connectivity index (χ3n) is 21.0. The van der Waals surface area contributed by atoms with Gasteiger partial charge < -0.3 is 23.7 Å². The summed E-state index contributed by atoms with van der Waals surface area (Å²) in [6.45, 7) is 11.2. The van der Waals surface area contributed by atoms with Crippen LogP contribution >= 0.6 is 63.1 Å². The van der Waals surface area contributed by atoms with E-state index < -0.39 is 0 Å². The smallest absolute Gasteiger partial charge is 0.314 e. The van der Waals surface area contributed by atoms with E-state index in [2.05, 4.69) is 97.8 Å². The molecule has 10 nitrogen and oxygen atoms in total. The summed E-state index contributed by atoms with van der Waals surface area (Å²) in [6, 6.07) is 36.4. The molecule has 0 amide bonds. The molecule has 5 saturated carbocycles. The van der Waals surface area contributed by atoms with Gasteiger partial charge in [0.1, 0.15) is 28.7 Å². The second-order valence-electron chi connectivity index (χ2n) is 28.9. The van der Waals surface area contributed by atoms with Crippen molar-refractivity contribution in [2.75, 3.05) is 0 Å². The molecule has 5 fully saturated rings. The third kappa shape index (κ3) is 38.7. The molecule has 5 aromatic carbocycles. The minimum Gasteiger partial charge on any atom is -0.426 e. The van der Waals surface area contributed by atoms with Gasteiger partial charge in [0.25, 0.3) is 0 Å².